The van der Waals surface area contributed by atoms with Crippen LogP contribution in [-0.2, 0) is 9.53 Å². The molecule has 0 aliphatic carbocycles. The topological polar surface area (TPSA) is 26.3 Å². The van der Waals surface area contributed by atoms with Crippen molar-refractivity contribution in [2.24, 2.45) is 0 Å². The predicted octanol–water partition coefficient (Wildman–Crippen LogP) is 2.49. The maximum absolute atomic E-state index is 12.9. The average Bonchev–Trinajstić information content (AvgIpc) is 2.19. The van der Waals surface area contributed by atoms with Crippen molar-refractivity contribution in [3.8, 4) is 0 Å². The van der Waals surface area contributed by atoms with Gasteiger partial charge in [0.15, 0.2) is 5.78 Å². The Hall–Kier alpha value is -1.22. The predicted molar refractivity (Wildman–Crippen MR) is 51.4 cm³/mol. The van der Waals surface area contributed by atoms with Gasteiger partial charge in [-0.15, -0.1) is 0 Å². The van der Waals surface area contributed by atoms with Crippen LogP contribution in [0.15, 0.2) is 24.3 Å². The molecular weight excluding hydrogens is 183 g/mol. The molecule has 1 unspecified atom stereocenters. The quantitative estimate of drug-likeness (QED) is 0.739. The molecule has 0 aliphatic heterocycles. The van der Waals surface area contributed by atoms with Crippen molar-refractivity contribution in [1.29, 1.82) is 0 Å². The second kappa shape index (κ2) is 4.86. The van der Waals surface area contributed by atoms with E-state index in [9.17, 15) is 9.18 Å². The number of hydrogen-bond acceptors (Lipinski definition) is 2. The first kappa shape index (κ1) is 10.9. The van der Waals surface area contributed by atoms with Gasteiger partial charge in [0.2, 0.25) is 0 Å². The zero-order valence-electron chi connectivity index (χ0n) is 8.29. The van der Waals surface area contributed by atoms with Crippen LogP contribution in [0.2, 0.25) is 0 Å². The summed E-state index contributed by atoms with van der Waals surface area (Å²) in [4.78, 5) is 11.4. The molecule has 1 aromatic rings. The number of ketones is 1. The third kappa shape index (κ3) is 2.39. The van der Waals surface area contributed by atoms with Gasteiger partial charge in [-0.25, -0.2) is 4.39 Å². The van der Waals surface area contributed by atoms with Gasteiger partial charge in [-0.2, -0.15) is 0 Å². The van der Waals surface area contributed by atoms with E-state index in [0.717, 1.165) is 0 Å². The number of halogens is 1. The van der Waals surface area contributed by atoms with Crippen LogP contribution in [0.4, 0.5) is 4.39 Å². The van der Waals surface area contributed by atoms with E-state index in [4.69, 9.17) is 4.74 Å². The highest BCUT2D eigenvalue weighted by molar-refractivity contribution is 5.84. The molecule has 0 N–H and O–H groups in total. The molecule has 0 radical (unpaired) electrons. The van der Waals surface area contributed by atoms with E-state index in [1.54, 1.807) is 19.1 Å². The molecule has 1 rings (SSSR count). The summed E-state index contributed by atoms with van der Waals surface area (Å²) in [6, 6.07) is 5.92. The number of ether oxygens (including phenoxy) is 1. The van der Waals surface area contributed by atoms with E-state index in [2.05, 4.69) is 0 Å². The van der Waals surface area contributed by atoms with Crippen molar-refractivity contribution < 1.29 is 13.9 Å². The molecule has 0 fully saturated rings. The molecule has 76 valence electrons. The lowest BCUT2D eigenvalue weighted by molar-refractivity contribution is -0.128. The number of carbonyl (C=O) groups excluding carboxylic acids is 1. The lowest BCUT2D eigenvalue weighted by atomic mass is 10.0. The first-order chi connectivity index (χ1) is 6.69. The molecule has 0 saturated carbocycles. The Labute approximate surface area is 82.7 Å². The average molecular weight is 196 g/mol. The van der Waals surface area contributed by atoms with Crippen molar-refractivity contribution in [2.45, 2.75) is 19.4 Å². The van der Waals surface area contributed by atoms with Crippen molar-refractivity contribution in [1.82, 2.24) is 0 Å². The summed E-state index contributed by atoms with van der Waals surface area (Å²) < 4.78 is 17.9. The molecule has 0 spiro atoms. The zero-order chi connectivity index (χ0) is 10.6. The zero-order valence-corrected chi connectivity index (χ0v) is 8.29. The Kier molecular flexibility index (Phi) is 3.77. The normalized spacial score (nSPS) is 12.5. The maximum Gasteiger partial charge on any atom is 0.165 e. The van der Waals surface area contributed by atoms with E-state index >= 15 is 0 Å². The van der Waals surface area contributed by atoms with Crippen LogP contribution in [0.5, 0.6) is 0 Å². The lowest BCUT2D eigenvalue weighted by Crippen LogP contribution is -2.13. The lowest BCUT2D eigenvalue weighted by Gasteiger charge is -2.13. The molecule has 0 aliphatic rings. The summed E-state index contributed by atoms with van der Waals surface area (Å²) >= 11 is 0. The number of rotatable bonds is 4. The van der Waals surface area contributed by atoms with Gasteiger partial charge in [-0.1, -0.05) is 19.1 Å². The van der Waals surface area contributed by atoms with Crippen molar-refractivity contribution in [2.75, 3.05) is 7.11 Å². The summed E-state index contributed by atoms with van der Waals surface area (Å²) in [6.45, 7) is 1.76. The standard InChI is InChI=1S/C11H13FO2/c1-3-10(13)11(14-2)8-5-4-6-9(12)7-8/h4-7,11H,3H2,1-2H3. The Bertz CT molecular complexity index is 323. The summed E-state index contributed by atoms with van der Waals surface area (Å²) in [5, 5.41) is 0. The van der Waals surface area contributed by atoms with Crippen LogP contribution in [0.1, 0.15) is 25.0 Å². The monoisotopic (exact) mass is 196 g/mol. The molecule has 0 saturated heterocycles. The van der Waals surface area contributed by atoms with E-state index < -0.39 is 6.10 Å². The summed E-state index contributed by atoms with van der Waals surface area (Å²) in [5.41, 5.74) is 0.569. The Morgan fingerprint density at radius 1 is 1.57 bits per heavy atom. The highest BCUT2D eigenvalue weighted by Gasteiger charge is 2.18. The fourth-order valence-electron chi connectivity index (χ4n) is 1.31. The number of hydrogen-bond donors (Lipinski definition) is 0. The largest absolute Gasteiger partial charge is 0.369 e. The Morgan fingerprint density at radius 3 is 2.79 bits per heavy atom. The fraction of sp³-hybridized carbons (Fsp3) is 0.364. The third-order valence-corrected chi connectivity index (χ3v) is 2.03. The molecule has 3 heteroatoms. The first-order valence-corrected chi connectivity index (χ1v) is 4.50. The number of Topliss-reactive ketones (excluding diaryl/α,β-unsaturated/α-hetero) is 1. The number of methoxy groups -OCH3 is 1. The van der Waals surface area contributed by atoms with Gasteiger partial charge < -0.3 is 4.74 Å². The maximum atomic E-state index is 12.9. The number of benzene rings is 1. The molecule has 2 nitrogen and oxygen atoms in total. The van der Waals surface area contributed by atoms with Crippen LogP contribution in [0.3, 0.4) is 0 Å². The molecular formula is C11H13FO2. The minimum Gasteiger partial charge on any atom is -0.369 e. The number of carbonyl (C=O) groups is 1. The molecule has 0 aromatic heterocycles. The molecule has 14 heavy (non-hydrogen) atoms. The van der Waals surface area contributed by atoms with Crippen molar-refractivity contribution in [3.05, 3.63) is 35.6 Å². The van der Waals surface area contributed by atoms with Crippen molar-refractivity contribution in [3.63, 3.8) is 0 Å². The van der Waals surface area contributed by atoms with E-state index in [0.29, 0.717) is 12.0 Å². The highest BCUT2D eigenvalue weighted by Crippen LogP contribution is 2.19. The summed E-state index contributed by atoms with van der Waals surface area (Å²) in [7, 11) is 1.45. The van der Waals surface area contributed by atoms with Gasteiger partial charge in [0.05, 0.1) is 0 Å². The minimum atomic E-state index is -0.643. The van der Waals surface area contributed by atoms with Gasteiger partial charge in [-0.3, -0.25) is 4.79 Å². The van der Waals surface area contributed by atoms with Crippen LogP contribution in [0, 0.1) is 5.82 Å². The van der Waals surface area contributed by atoms with E-state index in [1.807, 2.05) is 0 Å². The third-order valence-electron chi connectivity index (χ3n) is 2.03. The van der Waals surface area contributed by atoms with Gasteiger partial charge >= 0.3 is 0 Å². The van der Waals surface area contributed by atoms with Gasteiger partial charge in [0, 0.05) is 13.5 Å². The highest BCUT2D eigenvalue weighted by atomic mass is 19.1. The summed E-state index contributed by atoms with van der Waals surface area (Å²) in [5.74, 6) is -0.397. The van der Waals surface area contributed by atoms with E-state index in [-0.39, 0.29) is 11.6 Å². The molecule has 0 bridgehead atoms. The minimum absolute atomic E-state index is 0.0434. The van der Waals surface area contributed by atoms with Gasteiger partial charge in [0.1, 0.15) is 11.9 Å². The van der Waals surface area contributed by atoms with Gasteiger partial charge in [0.25, 0.3) is 0 Å². The molecule has 1 atom stereocenters. The van der Waals surface area contributed by atoms with Crippen molar-refractivity contribution >= 4 is 5.78 Å². The summed E-state index contributed by atoms with van der Waals surface area (Å²) in [6.07, 6.45) is -0.259. The van der Waals surface area contributed by atoms with Gasteiger partial charge in [-0.05, 0) is 17.7 Å². The fourth-order valence-corrected chi connectivity index (χ4v) is 1.31. The van der Waals surface area contributed by atoms with Crippen LogP contribution < -0.4 is 0 Å². The van der Waals surface area contributed by atoms with Crippen LogP contribution in [-0.4, -0.2) is 12.9 Å². The molecule has 1 aromatic carbocycles. The molecule has 0 amide bonds. The van der Waals surface area contributed by atoms with Crippen LogP contribution >= 0.6 is 0 Å². The smallest absolute Gasteiger partial charge is 0.165 e. The first-order valence-electron chi connectivity index (χ1n) is 4.50. The molecule has 0 heterocycles. The Morgan fingerprint density at radius 2 is 2.29 bits per heavy atom. The van der Waals surface area contributed by atoms with Crippen LogP contribution in [0.25, 0.3) is 0 Å². The second-order valence-corrected chi connectivity index (χ2v) is 2.99. The second-order valence-electron chi connectivity index (χ2n) is 2.99. The SMILES string of the molecule is CCC(=O)C(OC)c1cccc(F)c1. The Balaban J connectivity index is 2.94. The van der Waals surface area contributed by atoms with E-state index in [1.165, 1.54) is 19.2 Å².